The van der Waals surface area contributed by atoms with Crippen LogP contribution < -0.4 is 0 Å². The number of H-pyrrole nitrogens is 1. The van der Waals surface area contributed by atoms with Crippen molar-refractivity contribution in [1.82, 2.24) is 15.1 Å². The topological polar surface area (TPSA) is 49.0 Å². The van der Waals surface area contributed by atoms with Gasteiger partial charge in [0.2, 0.25) is 5.91 Å². The molecule has 124 valence electrons. The lowest BCUT2D eigenvalue weighted by molar-refractivity contribution is -0.138. The Morgan fingerprint density at radius 3 is 2.70 bits per heavy atom. The first kappa shape index (κ1) is 17.2. The number of carbonyl (C=O) groups excluding carboxylic acids is 1. The van der Waals surface area contributed by atoms with Crippen LogP contribution in [0.2, 0.25) is 0 Å². The molecule has 0 aliphatic heterocycles. The van der Waals surface area contributed by atoms with Gasteiger partial charge in [-0.1, -0.05) is 32.9 Å². The first-order valence-corrected chi connectivity index (χ1v) is 7.83. The molecule has 2 aromatic rings. The van der Waals surface area contributed by atoms with Gasteiger partial charge in [0, 0.05) is 30.3 Å². The van der Waals surface area contributed by atoms with E-state index in [1.54, 1.807) is 11.0 Å². The number of hydrogen-bond donors (Lipinski definition) is 1. The summed E-state index contributed by atoms with van der Waals surface area (Å²) in [6.45, 7) is 6.47. The smallest absolute Gasteiger partial charge is 0.227 e. The summed E-state index contributed by atoms with van der Waals surface area (Å²) in [5.74, 6) is -0.128. The Hall–Kier alpha value is -2.17. The van der Waals surface area contributed by atoms with Crippen LogP contribution in [0.25, 0.3) is 11.3 Å². The Balaban J connectivity index is 1.89. The molecule has 0 fully saturated rings. The molecule has 0 saturated carbocycles. The van der Waals surface area contributed by atoms with Gasteiger partial charge in [-0.25, -0.2) is 4.39 Å². The van der Waals surface area contributed by atoms with Gasteiger partial charge < -0.3 is 4.90 Å². The fraction of sp³-hybridized carbons (Fsp3) is 0.444. The number of rotatable bonds is 5. The Labute approximate surface area is 136 Å². The van der Waals surface area contributed by atoms with E-state index in [9.17, 15) is 9.18 Å². The third-order valence-electron chi connectivity index (χ3n) is 3.68. The highest BCUT2D eigenvalue weighted by Crippen LogP contribution is 2.20. The van der Waals surface area contributed by atoms with Crippen LogP contribution >= 0.6 is 0 Å². The van der Waals surface area contributed by atoms with E-state index in [0.717, 1.165) is 29.8 Å². The SMILES string of the molecule is CN(CCCc1cc(-c2cccc(F)c2)n[nH]1)C(=O)C(C)(C)C. The summed E-state index contributed by atoms with van der Waals surface area (Å²) < 4.78 is 13.2. The van der Waals surface area contributed by atoms with E-state index < -0.39 is 0 Å². The molecule has 1 amide bonds. The Morgan fingerprint density at radius 2 is 2.04 bits per heavy atom. The summed E-state index contributed by atoms with van der Waals surface area (Å²) in [6.07, 6.45) is 1.65. The second kappa shape index (κ2) is 6.94. The lowest BCUT2D eigenvalue weighted by atomic mass is 9.95. The number of nitrogens with one attached hydrogen (secondary N) is 1. The molecule has 0 saturated heterocycles. The molecule has 1 aromatic heterocycles. The zero-order valence-corrected chi connectivity index (χ0v) is 14.2. The van der Waals surface area contributed by atoms with Gasteiger partial charge in [-0.05, 0) is 31.0 Å². The number of halogens is 1. The molecule has 0 aliphatic carbocycles. The van der Waals surface area contributed by atoms with E-state index in [4.69, 9.17) is 0 Å². The van der Waals surface area contributed by atoms with Crippen molar-refractivity contribution in [2.45, 2.75) is 33.6 Å². The van der Waals surface area contributed by atoms with Gasteiger partial charge in [0.15, 0.2) is 0 Å². The predicted molar refractivity (Wildman–Crippen MR) is 89.4 cm³/mol. The highest BCUT2D eigenvalue weighted by atomic mass is 19.1. The third kappa shape index (κ3) is 4.65. The fourth-order valence-corrected chi connectivity index (χ4v) is 2.47. The van der Waals surface area contributed by atoms with Gasteiger partial charge in [0.25, 0.3) is 0 Å². The van der Waals surface area contributed by atoms with Crippen LogP contribution in [0.1, 0.15) is 32.9 Å². The molecule has 1 N–H and O–H groups in total. The van der Waals surface area contributed by atoms with Crippen molar-refractivity contribution in [2.75, 3.05) is 13.6 Å². The summed E-state index contributed by atoms with van der Waals surface area (Å²) in [5, 5.41) is 7.21. The van der Waals surface area contributed by atoms with E-state index in [2.05, 4.69) is 10.2 Å². The minimum absolute atomic E-state index is 0.141. The van der Waals surface area contributed by atoms with Crippen LogP contribution in [0, 0.1) is 11.2 Å². The lowest BCUT2D eigenvalue weighted by Gasteiger charge is -2.25. The number of aromatic amines is 1. The molecule has 0 bridgehead atoms. The number of benzene rings is 1. The van der Waals surface area contributed by atoms with Crippen LogP contribution in [0.5, 0.6) is 0 Å². The zero-order valence-electron chi connectivity index (χ0n) is 14.2. The van der Waals surface area contributed by atoms with Crippen molar-refractivity contribution in [3.05, 3.63) is 41.8 Å². The van der Waals surface area contributed by atoms with Crippen LogP contribution in [-0.4, -0.2) is 34.6 Å². The van der Waals surface area contributed by atoms with Crippen molar-refractivity contribution in [2.24, 2.45) is 5.41 Å². The van der Waals surface area contributed by atoms with Gasteiger partial charge in [0.1, 0.15) is 5.82 Å². The quantitative estimate of drug-likeness (QED) is 0.915. The van der Waals surface area contributed by atoms with E-state index in [1.165, 1.54) is 12.1 Å². The molecule has 0 aliphatic rings. The predicted octanol–water partition coefficient (Wildman–Crippen LogP) is 3.65. The average molecular weight is 317 g/mol. The Bertz CT molecular complexity index is 673. The van der Waals surface area contributed by atoms with Gasteiger partial charge >= 0.3 is 0 Å². The number of carbonyl (C=O) groups is 1. The molecule has 2 rings (SSSR count). The first-order valence-electron chi connectivity index (χ1n) is 7.83. The Kier molecular flexibility index (Phi) is 5.19. The molecule has 0 unspecified atom stereocenters. The largest absolute Gasteiger partial charge is 0.345 e. The number of aromatic nitrogens is 2. The summed E-state index contributed by atoms with van der Waals surface area (Å²) in [4.78, 5) is 13.9. The number of amides is 1. The Morgan fingerprint density at radius 1 is 1.30 bits per heavy atom. The minimum Gasteiger partial charge on any atom is -0.345 e. The van der Waals surface area contributed by atoms with Crippen LogP contribution in [0.4, 0.5) is 4.39 Å². The number of nitrogens with zero attached hydrogens (tertiary/aromatic N) is 2. The molecule has 23 heavy (non-hydrogen) atoms. The van der Waals surface area contributed by atoms with Gasteiger partial charge in [-0.3, -0.25) is 9.89 Å². The third-order valence-corrected chi connectivity index (χ3v) is 3.68. The molecule has 5 heteroatoms. The molecule has 1 heterocycles. The first-order chi connectivity index (χ1) is 10.8. The molecular weight excluding hydrogens is 293 g/mol. The second-order valence-electron chi connectivity index (χ2n) is 6.87. The maximum atomic E-state index is 13.2. The zero-order chi connectivity index (χ0) is 17.0. The number of hydrogen-bond acceptors (Lipinski definition) is 2. The van der Waals surface area contributed by atoms with Gasteiger partial charge in [-0.2, -0.15) is 5.10 Å². The average Bonchev–Trinajstić information content (AvgIpc) is 2.94. The molecular formula is C18H24FN3O. The second-order valence-corrected chi connectivity index (χ2v) is 6.87. The summed E-state index contributed by atoms with van der Waals surface area (Å²) >= 11 is 0. The van der Waals surface area contributed by atoms with Crippen LogP contribution in [-0.2, 0) is 11.2 Å². The summed E-state index contributed by atoms with van der Waals surface area (Å²) in [5.41, 5.74) is 2.12. The fourth-order valence-electron chi connectivity index (χ4n) is 2.47. The molecule has 0 spiro atoms. The van der Waals surface area contributed by atoms with Gasteiger partial charge in [0.05, 0.1) is 5.69 Å². The van der Waals surface area contributed by atoms with Crippen molar-refractivity contribution in [1.29, 1.82) is 0 Å². The minimum atomic E-state index is -0.354. The van der Waals surface area contributed by atoms with Crippen LogP contribution in [0.15, 0.2) is 30.3 Å². The number of aryl methyl sites for hydroxylation is 1. The van der Waals surface area contributed by atoms with Gasteiger partial charge in [-0.15, -0.1) is 0 Å². The van der Waals surface area contributed by atoms with Crippen molar-refractivity contribution in [3.63, 3.8) is 0 Å². The van der Waals surface area contributed by atoms with E-state index in [-0.39, 0.29) is 17.1 Å². The maximum absolute atomic E-state index is 13.2. The molecule has 0 atom stereocenters. The molecule has 4 nitrogen and oxygen atoms in total. The molecule has 1 aromatic carbocycles. The summed E-state index contributed by atoms with van der Waals surface area (Å²) in [7, 11) is 1.83. The van der Waals surface area contributed by atoms with Crippen molar-refractivity contribution in [3.8, 4) is 11.3 Å². The lowest BCUT2D eigenvalue weighted by Crippen LogP contribution is -2.37. The summed E-state index contributed by atoms with van der Waals surface area (Å²) in [6, 6.07) is 8.32. The van der Waals surface area contributed by atoms with E-state index >= 15 is 0 Å². The maximum Gasteiger partial charge on any atom is 0.227 e. The molecule has 0 radical (unpaired) electrons. The standard InChI is InChI=1S/C18H24FN3O/c1-18(2,3)17(23)22(4)10-6-9-15-12-16(21-20-15)13-7-5-8-14(19)11-13/h5,7-8,11-12H,6,9-10H2,1-4H3,(H,20,21). The van der Waals surface area contributed by atoms with Crippen LogP contribution in [0.3, 0.4) is 0 Å². The van der Waals surface area contributed by atoms with E-state index in [1.807, 2.05) is 40.0 Å². The highest BCUT2D eigenvalue weighted by molar-refractivity contribution is 5.81. The monoisotopic (exact) mass is 317 g/mol. The highest BCUT2D eigenvalue weighted by Gasteiger charge is 2.24. The normalized spacial score (nSPS) is 11.5. The van der Waals surface area contributed by atoms with Crippen molar-refractivity contribution < 1.29 is 9.18 Å². The van der Waals surface area contributed by atoms with Crippen molar-refractivity contribution >= 4 is 5.91 Å². The van der Waals surface area contributed by atoms with E-state index in [0.29, 0.717) is 6.54 Å².